The van der Waals surface area contributed by atoms with Crippen LogP contribution in [-0.4, -0.2) is 0 Å². The van der Waals surface area contributed by atoms with Gasteiger partial charge in [0.05, 0.1) is 13.2 Å². The third-order valence-corrected chi connectivity index (χ3v) is 5.46. The van der Waals surface area contributed by atoms with Crippen LogP contribution in [0.15, 0.2) is 109 Å². The first kappa shape index (κ1) is 17.7. The highest BCUT2D eigenvalue weighted by Gasteiger charge is 2.22. The van der Waals surface area contributed by atoms with Gasteiger partial charge in [0.2, 0.25) is 0 Å². The van der Waals surface area contributed by atoms with Gasteiger partial charge in [-0.25, -0.2) is 0 Å². The van der Waals surface area contributed by atoms with Crippen LogP contribution in [0.1, 0.15) is 33.4 Å². The maximum Gasteiger partial charge on any atom is 0.0727 e. The zero-order valence-electron chi connectivity index (χ0n) is 16.2. The van der Waals surface area contributed by atoms with E-state index in [1.807, 2.05) is 0 Å². The van der Waals surface area contributed by atoms with E-state index < -0.39 is 0 Å². The molecule has 1 heteroatoms. The summed E-state index contributed by atoms with van der Waals surface area (Å²) in [7, 11) is 0. The van der Waals surface area contributed by atoms with E-state index in [-0.39, 0.29) is 0 Å². The van der Waals surface area contributed by atoms with Gasteiger partial charge in [-0.1, -0.05) is 109 Å². The molecule has 0 aliphatic carbocycles. The fraction of sp³-hybridized carbons (Fsp3) is 0.0714. The summed E-state index contributed by atoms with van der Waals surface area (Å²) in [4.78, 5) is 0. The summed E-state index contributed by atoms with van der Waals surface area (Å²) in [5.41, 5.74) is 9.90. The van der Waals surface area contributed by atoms with Crippen molar-refractivity contribution in [3.8, 4) is 0 Å². The lowest BCUT2D eigenvalue weighted by Crippen LogP contribution is -2.08. The molecule has 1 aliphatic rings. The molecule has 1 nitrogen and oxygen atoms in total. The molecule has 0 unspecified atom stereocenters. The Morgan fingerprint density at radius 2 is 0.897 bits per heavy atom. The molecular weight excluding hydrogens is 352 g/mol. The van der Waals surface area contributed by atoms with Crippen molar-refractivity contribution in [3.63, 3.8) is 0 Å². The van der Waals surface area contributed by atoms with Crippen LogP contribution in [0.3, 0.4) is 0 Å². The normalized spacial score (nSPS) is 13.0. The van der Waals surface area contributed by atoms with Gasteiger partial charge in [-0.15, -0.1) is 0 Å². The molecule has 1 aliphatic heterocycles. The van der Waals surface area contributed by atoms with E-state index in [9.17, 15) is 0 Å². The number of benzene rings is 4. The zero-order chi connectivity index (χ0) is 19.5. The van der Waals surface area contributed by atoms with E-state index >= 15 is 0 Å². The quantitative estimate of drug-likeness (QED) is 0.378. The summed E-state index contributed by atoms with van der Waals surface area (Å²) in [5, 5.41) is 0. The van der Waals surface area contributed by atoms with Gasteiger partial charge in [0.1, 0.15) is 0 Å². The van der Waals surface area contributed by atoms with Gasteiger partial charge >= 0.3 is 0 Å². The van der Waals surface area contributed by atoms with Crippen LogP contribution < -0.4 is 0 Å². The van der Waals surface area contributed by atoms with Crippen molar-refractivity contribution in [1.82, 2.24) is 0 Å². The van der Waals surface area contributed by atoms with E-state index in [0.717, 1.165) is 0 Å². The summed E-state index contributed by atoms with van der Waals surface area (Å²) in [6, 6.07) is 38.7. The van der Waals surface area contributed by atoms with Crippen LogP contribution in [0.4, 0.5) is 0 Å². The van der Waals surface area contributed by atoms with Gasteiger partial charge in [-0.3, -0.25) is 0 Å². The van der Waals surface area contributed by atoms with Crippen molar-refractivity contribution in [2.45, 2.75) is 13.2 Å². The second-order valence-corrected chi connectivity index (χ2v) is 7.29. The second kappa shape index (κ2) is 7.90. The molecule has 1 heterocycles. The fourth-order valence-corrected chi connectivity index (χ4v) is 4.13. The number of rotatable bonds is 2. The Kier molecular flexibility index (Phi) is 4.81. The molecule has 0 radical (unpaired) electrons. The molecule has 0 aromatic heterocycles. The molecule has 0 saturated carbocycles. The highest BCUT2D eigenvalue weighted by atomic mass is 16.5. The van der Waals surface area contributed by atoms with Crippen molar-refractivity contribution >= 4 is 11.1 Å². The third-order valence-electron chi connectivity index (χ3n) is 5.46. The Labute approximate surface area is 171 Å². The molecule has 140 valence electrons. The predicted octanol–water partition coefficient (Wildman–Crippen LogP) is 6.72. The van der Waals surface area contributed by atoms with Crippen LogP contribution in [-0.2, 0) is 18.0 Å². The van der Waals surface area contributed by atoms with Crippen LogP contribution in [0, 0.1) is 0 Å². The van der Waals surface area contributed by atoms with Gasteiger partial charge in [0.25, 0.3) is 0 Å². The van der Waals surface area contributed by atoms with E-state index in [2.05, 4.69) is 109 Å². The van der Waals surface area contributed by atoms with E-state index in [1.54, 1.807) is 0 Å². The summed E-state index contributed by atoms with van der Waals surface area (Å²) < 4.78 is 6.04. The van der Waals surface area contributed by atoms with E-state index in [4.69, 9.17) is 4.74 Å². The molecular formula is C28H22O. The fourth-order valence-electron chi connectivity index (χ4n) is 4.13. The van der Waals surface area contributed by atoms with Gasteiger partial charge in [-0.2, -0.15) is 0 Å². The zero-order valence-corrected chi connectivity index (χ0v) is 16.2. The lowest BCUT2D eigenvalue weighted by atomic mass is 9.82. The second-order valence-electron chi connectivity index (χ2n) is 7.29. The van der Waals surface area contributed by atoms with Gasteiger partial charge < -0.3 is 4.74 Å². The first-order valence-electron chi connectivity index (χ1n) is 10.0. The Morgan fingerprint density at radius 1 is 0.483 bits per heavy atom. The Balaban J connectivity index is 1.93. The van der Waals surface area contributed by atoms with E-state index in [1.165, 1.54) is 44.5 Å². The lowest BCUT2D eigenvalue weighted by Gasteiger charge is -2.24. The van der Waals surface area contributed by atoms with Crippen molar-refractivity contribution < 1.29 is 4.74 Å². The van der Waals surface area contributed by atoms with Gasteiger partial charge in [0.15, 0.2) is 0 Å². The van der Waals surface area contributed by atoms with Crippen LogP contribution >= 0.6 is 0 Å². The van der Waals surface area contributed by atoms with Crippen LogP contribution in [0.2, 0.25) is 0 Å². The molecule has 4 aromatic rings. The first-order valence-corrected chi connectivity index (χ1v) is 10.0. The molecule has 0 fully saturated rings. The summed E-state index contributed by atoms with van der Waals surface area (Å²) in [6.07, 6.45) is 0. The minimum Gasteiger partial charge on any atom is -0.372 e. The minimum absolute atomic E-state index is 0.616. The first-order chi connectivity index (χ1) is 14.4. The number of fused-ring (bicyclic) bond motifs is 2. The monoisotopic (exact) mass is 374 g/mol. The predicted molar refractivity (Wildman–Crippen MR) is 119 cm³/mol. The third kappa shape index (κ3) is 3.41. The molecule has 0 spiro atoms. The molecule has 0 saturated heterocycles. The summed E-state index contributed by atoms with van der Waals surface area (Å²) in [6.45, 7) is 1.23. The van der Waals surface area contributed by atoms with Gasteiger partial charge in [-0.05, 0) is 44.5 Å². The molecule has 0 amide bonds. The van der Waals surface area contributed by atoms with E-state index in [0.29, 0.717) is 13.2 Å². The number of hydrogen-bond donors (Lipinski definition) is 0. The molecule has 5 rings (SSSR count). The molecule has 0 atom stereocenters. The largest absolute Gasteiger partial charge is 0.372 e. The average Bonchev–Trinajstić information content (AvgIpc) is 2.78. The maximum atomic E-state index is 6.04. The Hall–Kier alpha value is -3.42. The smallest absolute Gasteiger partial charge is 0.0727 e. The Morgan fingerprint density at radius 3 is 1.38 bits per heavy atom. The number of hydrogen-bond acceptors (Lipinski definition) is 1. The SMILES string of the molecule is c1ccc(C(=C2c3ccccc3COCc3ccccc32)c2ccccc2)cc1. The average molecular weight is 374 g/mol. The minimum atomic E-state index is 0.616. The Bertz CT molecular complexity index is 1070. The van der Waals surface area contributed by atoms with Gasteiger partial charge in [0, 0.05) is 0 Å². The molecule has 4 aromatic carbocycles. The highest BCUT2D eigenvalue weighted by molar-refractivity contribution is 6.05. The lowest BCUT2D eigenvalue weighted by molar-refractivity contribution is 0.106. The number of ether oxygens (including phenoxy) is 1. The molecule has 0 N–H and O–H groups in total. The molecule has 29 heavy (non-hydrogen) atoms. The summed E-state index contributed by atoms with van der Waals surface area (Å²) in [5.74, 6) is 0. The molecule has 0 bridgehead atoms. The summed E-state index contributed by atoms with van der Waals surface area (Å²) >= 11 is 0. The standard InChI is InChI=1S/C28H22O/c1-3-11-21(12-4-1)27(22-13-5-2-6-14-22)28-25-17-9-7-15-23(25)19-29-20-24-16-8-10-18-26(24)28/h1-18H,19-20H2. The van der Waals surface area contributed by atoms with Crippen molar-refractivity contribution in [1.29, 1.82) is 0 Å². The van der Waals surface area contributed by atoms with Crippen molar-refractivity contribution in [2.75, 3.05) is 0 Å². The van der Waals surface area contributed by atoms with Crippen molar-refractivity contribution in [3.05, 3.63) is 143 Å². The highest BCUT2D eigenvalue weighted by Crippen LogP contribution is 2.40. The topological polar surface area (TPSA) is 9.23 Å². The van der Waals surface area contributed by atoms with Crippen LogP contribution in [0.25, 0.3) is 11.1 Å². The van der Waals surface area contributed by atoms with Crippen LogP contribution in [0.5, 0.6) is 0 Å². The van der Waals surface area contributed by atoms with Crippen molar-refractivity contribution in [2.24, 2.45) is 0 Å². The maximum absolute atomic E-state index is 6.04.